The van der Waals surface area contributed by atoms with Gasteiger partial charge in [0.1, 0.15) is 0 Å². The molecule has 0 radical (unpaired) electrons. The van der Waals surface area contributed by atoms with E-state index in [0.29, 0.717) is 50.2 Å². The fraction of sp³-hybridized carbons (Fsp3) is 0. The standard InChI is InChI=1S/2C39H21N5.C38H22N4/c1-42-28-16-15-26(24-41)34(21-28)27-19-29(43-36-11-5-2-8-31(36)32-9-3-6-12-37(32)43)22-30(20-27)44-38-13-7-4-10-33(38)35-18-25(23-40)14-17-39(35)44;40-22-25-13-15-31(28(17-25)24-42)27-19-29(43-36-10-4-1-7-32(36)33-8-2-5-11-37(33)43)21-30(20-27)44-38-12-6-3-9-34(38)35-18-26(23-41)14-16-39(35)44;39-23-25-17-18-38-34(19-25)33-13-5-8-16-37(33)42(38)29-21-27(30-10-2-1-9-26(30)24-40)20-28(22-29)41-35-14-6-3-11-31(35)32-12-4-7-15-36(32)41/h2-22H;1-21H;1-22H. The van der Waals surface area contributed by atoms with Crippen molar-refractivity contribution in [3.8, 4) is 110 Å². The van der Waals surface area contributed by atoms with E-state index in [4.69, 9.17) is 6.57 Å². The molecule has 24 rings (SSSR count). The van der Waals surface area contributed by atoms with Crippen LogP contribution in [-0.2, 0) is 0 Å². The molecule has 0 bridgehead atoms. The lowest BCUT2D eigenvalue weighted by Gasteiger charge is -2.16. The third kappa shape index (κ3) is 12.6. The monoisotopic (exact) mass is 1650 g/mol. The molecule has 6 heterocycles. The predicted molar refractivity (Wildman–Crippen MR) is 521 cm³/mol. The van der Waals surface area contributed by atoms with Gasteiger partial charge in [0.15, 0.2) is 5.69 Å². The van der Waals surface area contributed by atoms with Crippen LogP contribution in [0, 0.1) is 85.9 Å². The van der Waals surface area contributed by atoms with Crippen LogP contribution in [0.15, 0.2) is 388 Å². The van der Waals surface area contributed by atoms with Gasteiger partial charge in [-0.05, 0) is 221 Å². The molecule has 0 saturated carbocycles. The van der Waals surface area contributed by atoms with Gasteiger partial charge in [0, 0.05) is 98.8 Å². The van der Waals surface area contributed by atoms with Crippen molar-refractivity contribution in [3.05, 3.63) is 439 Å². The molecule has 24 aromatic rings. The Morgan fingerprint density at radius 3 is 0.692 bits per heavy atom. The minimum atomic E-state index is 0.440. The van der Waals surface area contributed by atoms with E-state index < -0.39 is 0 Å². The average Bonchev–Trinajstić information content (AvgIpc) is 1.61. The predicted octanol–water partition coefficient (Wildman–Crippen LogP) is 28.3. The fourth-order valence-corrected chi connectivity index (χ4v) is 19.3. The van der Waals surface area contributed by atoms with Gasteiger partial charge >= 0.3 is 0 Å². The zero-order chi connectivity index (χ0) is 87.8. The van der Waals surface area contributed by atoms with Crippen LogP contribution in [-0.4, -0.2) is 27.4 Å². The Balaban J connectivity index is 0.000000114. The summed E-state index contributed by atoms with van der Waals surface area (Å²) in [6, 6.07) is 146. The molecule has 598 valence electrons. The van der Waals surface area contributed by atoms with Gasteiger partial charge in [-0.25, -0.2) is 4.85 Å². The Morgan fingerprint density at radius 2 is 0.408 bits per heavy atom. The molecule has 0 amide bonds. The molecule has 0 aliphatic heterocycles. The first-order chi connectivity index (χ1) is 64.1. The number of rotatable bonds is 9. The van der Waals surface area contributed by atoms with Gasteiger partial charge in [0.05, 0.1) is 154 Å². The summed E-state index contributed by atoms with van der Waals surface area (Å²) in [5.41, 5.74) is 27.7. The van der Waals surface area contributed by atoms with Crippen molar-refractivity contribution in [1.29, 1.82) is 36.8 Å². The number of hydrogen-bond donors (Lipinski definition) is 0. The Morgan fingerprint density at radius 1 is 0.177 bits per heavy atom. The summed E-state index contributed by atoms with van der Waals surface area (Å²) >= 11 is 0. The molecule has 0 spiro atoms. The SMILES string of the molecule is N#Cc1ccc(-c2cc(-n3c4ccccc4c4ccccc43)cc(-n3c4ccccc4c4cc(C#N)ccc43)c2)c(C#N)c1.N#Cc1ccc2c(c1)c1ccccc1n2-c1cc(-c2ccccc2C#N)cc(-n2c3ccccc3c3ccccc32)c1.[C-]#[N+]c1ccc(C#N)c(-c2cc(-n3c4ccccc4c4ccccc43)cc(-n3c4ccccc4c4cc(C#N)ccc43)c2)c1. The lowest BCUT2D eigenvalue weighted by Crippen LogP contribution is -2.00. The molecule has 0 saturated heterocycles. The van der Waals surface area contributed by atoms with Crippen molar-refractivity contribution in [3.63, 3.8) is 0 Å². The first-order valence-corrected chi connectivity index (χ1v) is 42.2. The smallest absolute Gasteiger partial charge is 0.187 e. The van der Waals surface area contributed by atoms with E-state index in [9.17, 15) is 36.8 Å². The van der Waals surface area contributed by atoms with Crippen LogP contribution >= 0.6 is 0 Å². The summed E-state index contributed by atoms with van der Waals surface area (Å²) < 4.78 is 13.6. The first kappa shape index (κ1) is 76.8. The summed E-state index contributed by atoms with van der Waals surface area (Å²) in [5, 5.41) is 81.9. The molecule has 6 aromatic heterocycles. The largest absolute Gasteiger partial charge is 0.309 e. The Labute approximate surface area is 744 Å². The molecule has 14 heteroatoms. The van der Waals surface area contributed by atoms with E-state index in [1.54, 1.807) is 30.3 Å². The normalized spacial score (nSPS) is 11.2. The van der Waals surface area contributed by atoms with Gasteiger partial charge in [0.2, 0.25) is 0 Å². The van der Waals surface area contributed by atoms with Gasteiger partial charge in [-0.15, -0.1) is 0 Å². The molecule has 0 N–H and O–H groups in total. The van der Waals surface area contributed by atoms with Crippen molar-refractivity contribution in [2.24, 2.45) is 0 Å². The Hall–Kier alpha value is -19.3. The average molecular weight is 1650 g/mol. The van der Waals surface area contributed by atoms with Crippen LogP contribution in [0.4, 0.5) is 5.69 Å². The highest BCUT2D eigenvalue weighted by atomic mass is 15.0. The molecule has 14 nitrogen and oxygen atoms in total. The van der Waals surface area contributed by atoms with Gasteiger partial charge in [-0.2, -0.15) is 36.8 Å². The van der Waals surface area contributed by atoms with Crippen LogP contribution in [0.3, 0.4) is 0 Å². The minimum Gasteiger partial charge on any atom is -0.309 e. The summed E-state index contributed by atoms with van der Waals surface area (Å²) in [7, 11) is 0. The lowest BCUT2D eigenvalue weighted by atomic mass is 9.97. The van der Waals surface area contributed by atoms with Gasteiger partial charge in [-0.1, -0.05) is 200 Å². The topological polar surface area (TPSA) is 200 Å². The number of fused-ring (bicyclic) bond motifs is 18. The van der Waals surface area contributed by atoms with E-state index in [-0.39, 0.29) is 0 Å². The van der Waals surface area contributed by atoms with Crippen molar-refractivity contribution in [2.45, 2.75) is 0 Å². The highest BCUT2D eigenvalue weighted by molar-refractivity contribution is 6.15. The maximum Gasteiger partial charge on any atom is 0.187 e. The maximum atomic E-state index is 10.1. The quantitative estimate of drug-likeness (QED) is 0.128. The third-order valence-corrected chi connectivity index (χ3v) is 24.9. The van der Waals surface area contributed by atoms with Crippen LogP contribution in [0.1, 0.15) is 38.9 Å². The van der Waals surface area contributed by atoms with Crippen molar-refractivity contribution < 1.29 is 0 Å². The van der Waals surface area contributed by atoms with Crippen LogP contribution in [0.25, 0.3) is 203 Å². The van der Waals surface area contributed by atoms with Crippen LogP contribution in [0.5, 0.6) is 0 Å². The van der Waals surface area contributed by atoms with E-state index in [1.807, 2.05) is 121 Å². The van der Waals surface area contributed by atoms with Gasteiger partial charge in [-0.3, -0.25) is 0 Å². The molecule has 0 unspecified atom stereocenters. The van der Waals surface area contributed by atoms with Gasteiger partial charge in [0.25, 0.3) is 0 Å². The summed E-state index contributed by atoms with van der Waals surface area (Å²) in [5.74, 6) is 0. The Kier molecular flexibility index (Phi) is 18.6. The molecule has 18 aromatic carbocycles. The Bertz CT molecular complexity index is 9180. The van der Waals surface area contributed by atoms with E-state index >= 15 is 0 Å². The second-order valence-electron chi connectivity index (χ2n) is 32.0. The van der Waals surface area contributed by atoms with Crippen molar-refractivity contribution in [1.82, 2.24) is 27.4 Å². The minimum absolute atomic E-state index is 0.440. The lowest BCUT2D eigenvalue weighted by molar-refractivity contribution is 1.13. The maximum absolute atomic E-state index is 10.1. The molecular weight excluding hydrogens is 1590 g/mol. The number of hydrogen-bond acceptors (Lipinski definition) is 7. The number of nitriles is 7. The van der Waals surface area contributed by atoms with E-state index in [0.717, 1.165) is 182 Å². The van der Waals surface area contributed by atoms with Crippen LogP contribution in [0.2, 0.25) is 0 Å². The number of nitrogens with zero attached hydrogens (tertiary/aromatic N) is 14. The number of para-hydroxylation sites is 9. The second-order valence-corrected chi connectivity index (χ2v) is 32.0. The zero-order valence-electron chi connectivity index (χ0n) is 69.2. The highest BCUT2D eigenvalue weighted by Gasteiger charge is 2.25. The molecule has 0 fully saturated rings. The van der Waals surface area contributed by atoms with Crippen LogP contribution < -0.4 is 0 Å². The summed E-state index contributed by atoms with van der Waals surface area (Å²) in [6.07, 6.45) is 0. The summed E-state index contributed by atoms with van der Waals surface area (Å²) in [4.78, 5) is 3.66. The molecule has 0 aliphatic rings. The van der Waals surface area contributed by atoms with E-state index in [1.165, 1.54) is 10.8 Å². The second kappa shape index (κ2) is 31.5. The molecular formula is C116H64N14. The number of aromatic nitrogens is 6. The summed E-state index contributed by atoms with van der Waals surface area (Å²) in [6.45, 7) is 7.65. The fourth-order valence-electron chi connectivity index (χ4n) is 19.3. The van der Waals surface area contributed by atoms with Crippen molar-refractivity contribution in [2.75, 3.05) is 0 Å². The first-order valence-electron chi connectivity index (χ1n) is 42.2. The third-order valence-electron chi connectivity index (χ3n) is 24.9. The van der Waals surface area contributed by atoms with Gasteiger partial charge < -0.3 is 27.4 Å². The van der Waals surface area contributed by atoms with Crippen molar-refractivity contribution >= 4 is 137 Å². The number of benzene rings is 18. The molecule has 130 heavy (non-hydrogen) atoms. The highest BCUT2D eigenvalue weighted by Crippen LogP contribution is 2.45. The molecule has 0 atom stereocenters. The zero-order valence-corrected chi connectivity index (χ0v) is 69.2. The molecule has 0 aliphatic carbocycles. The van der Waals surface area contributed by atoms with E-state index in [2.05, 4.69) is 311 Å².